The maximum Gasteiger partial charge on any atom is 0.221 e. The van der Waals surface area contributed by atoms with Gasteiger partial charge in [-0.3, -0.25) is 9.59 Å². The number of carbonyl (C=O) groups excluding carboxylic acids is 2. The minimum absolute atomic E-state index is 0.153. The van der Waals surface area contributed by atoms with Crippen LogP contribution < -0.4 is 10.6 Å². The van der Waals surface area contributed by atoms with Crippen molar-refractivity contribution in [1.29, 1.82) is 0 Å². The smallest absolute Gasteiger partial charge is 0.221 e. The summed E-state index contributed by atoms with van der Waals surface area (Å²) in [5.74, 6) is 2.81. The maximum absolute atomic E-state index is 12.2. The van der Waals surface area contributed by atoms with Gasteiger partial charge in [-0.05, 0) is 51.2 Å². The Morgan fingerprint density at radius 1 is 0.974 bits per heavy atom. The summed E-state index contributed by atoms with van der Waals surface area (Å²) in [4.78, 5) is 38.7. The Kier molecular flexibility index (Phi) is 20.0. The molecule has 3 N–H and O–H groups in total. The molecule has 0 aromatic carbocycles. The van der Waals surface area contributed by atoms with Gasteiger partial charge in [0, 0.05) is 46.6 Å². The zero-order valence-corrected chi connectivity index (χ0v) is 26.7. The van der Waals surface area contributed by atoms with Gasteiger partial charge in [0.05, 0.1) is 12.1 Å². The van der Waals surface area contributed by atoms with Gasteiger partial charge >= 0.3 is 0 Å². The quantitative estimate of drug-likeness (QED) is 0.0720. The van der Waals surface area contributed by atoms with Gasteiger partial charge in [-0.1, -0.05) is 60.1 Å². The van der Waals surface area contributed by atoms with Crippen molar-refractivity contribution in [1.82, 2.24) is 10.6 Å². The van der Waals surface area contributed by atoms with E-state index < -0.39 is 12.1 Å². The van der Waals surface area contributed by atoms with Crippen LogP contribution in [0.3, 0.4) is 0 Å². The van der Waals surface area contributed by atoms with Crippen LogP contribution in [0.25, 0.3) is 0 Å². The second kappa shape index (κ2) is 22.3. The lowest BCUT2D eigenvalue weighted by molar-refractivity contribution is -0.123. The third-order valence-corrected chi connectivity index (χ3v) is 13.1. The number of nitrogens with zero attached hydrogens (tertiary/aromatic N) is 1. The third kappa shape index (κ3) is 16.7. The normalized spacial score (nSPS) is 23.6. The minimum atomic E-state index is -0.837. The molecule has 2 unspecified atom stereocenters. The molecule has 0 aromatic heterocycles. The molecule has 1 aliphatic heterocycles. The second-order valence-electron chi connectivity index (χ2n) is 10.5. The predicted molar refractivity (Wildman–Crippen MR) is 169 cm³/mol. The van der Waals surface area contributed by atoms with E-state index in [4.69, 9.17) is 0 Å². The van der Waals surface area contributed by atoms with Gasteiger partial charge < -0.3 is 20.6 Å². The first-order valence-electron chi connectivity index (χ1n) is 14.7. The van der Waals surface area contributed by atoms with Gasteiger partial charge in [0.25, 0.3) is 0 Å². The lowest BCUT2D eigenvalue weighted by Crippen LogP contribution is -2.45. The van der Waals surface area contributed by atoms with Crippen LogP contribution in [-0.2, 0) is 14.4 Å². The summed E-state index contributed by atoms with van der Waals surface area (Å²) in [6, 6.07) is -0.658. The molecule has 226 valence electrons. The SMILES string of the molecule is C[C@@H](O)[C@@H](CON=O)NC(=O)CCSSCCCNC(=O)CCCC[C@@H]1CCSC2CCCCCCCC2S1. The first-order chi connectivity index (χ1) is 19.0. The highest BCUT2D eigenvalue weighted by molar-refractivity contribution is 8.76. The average molecular weight is 624 g/mol. The molecular weight excluding hydrogens is 575 g/mol. The molecule has 5 atom stereocenters. The number of thioether (sulfide) groups is 2. The monoisotopic (exact) mass is 623 g/mol. The van der Waals surface area contributed by atoms with Crippen LogP contribution in [-0.4, -0.2) is 75.2 Å². The van der Waals surface area contributed by atoms with Gasteiger partial charge in [0.1, 0.15) is 6.61 Å². The van der Waals surface area contributed by atoms with Crippen molar-refractivity contribution in [2.45, 2.75) is 125 Å². The van der Waals surface area contributed by atoms with Crippen molar-refractivity contribution in [2.75, 3.05) is 30.4 Å². The molecule has 0 spiro atoms. The van der Waals surface area contributed by atoms with E-state index in [0.717, 1.165) is 40.8 Å². The highest BCUT2D eigenvalue weighted by atomic mass is 33.1. The fourth-order valence-electron chi connectivity index (χ4n) is 4.87. The summed E-state index contributed by atoms with van der Waals surface area (Å²) in [6.45, 7) is 2.05. The highest BCUT2D eigenvalue weighted by Gasteiger charge is 2.29. The van der Waals surface area contributed by atoms with Crippen molar-refractivity contribution >= 4 is 56.9 Å². The number of hydrogen-bond donors (Lipinski definition) is 3. The molecule has 39 heavy (non-hydrogen) atoms. The number of unbranched alkanes of at least 4 members (excludes halogenated alkanes) is 1. The maximum atomic E-state index is 12.2. The van der Waals surface area contributed by atoms with Crippen LogP contribution in [0.1, 0.15) is 96.8 Å². The van der Waals surface area contributed by atoms with E-state index in [0.29, 0.717) is 25.1 Å². The molecule has 12 heteroatoms. The molecule has 0 aromatic rings. The zero-order valence-electron chi connectivity index (χ0n) is 23.5. The van der Waals surface area contributed by atoms with Crippen molar-refractivity contribution < 1.29 is 19.5 Å². The van der Waals surface area contributed by atoms with E-state index in [1.54, 1.807) is 21.6 Å². The average Bonchev–Trinajstić information content (AvgIpc) is 3.03. The van der Waals surface area contributed by atoms with Crippen LogP contribution in [0.2, 0.25) is 0 Å². The first kappa shape index (κ1) is 34.9. The summed E-state index contributed by atoms with van der Waals surface area (Å²) in [5.41, 5.74) is 0. The van der Waals surface area contributed by atoms with Gasteiger partial charge in [-0.25, -0.2) is 0 Å². The van der Waals surface area contributed by atoms with Gasteiger partial charge in [-0.2, -0.15) is 23.5 Å². The van der Waals surface area contributed by atoms with E-state index in [9.17, 15) is 19.6 Å². The number of hydrogen-bond acceptors (Lipinski definition) is 10. The summed E-state index contributed by atoms with van der Waals surface area (Å²) >= 11 is 4.52. The molecule has 1 heterocycles. The minimum Gasteiger partial charge on any atom is -0.391 e. The van der Waals surface area contributed by atoms with Crippen LogP contribution in [0.15, 0.2) is 5.34 Å². The van der Waals surface area contributed by atoms with E-state index in [1.165, 1.54) is 70.5 Å². The number of amides is 2. The molecule has 1 saturated heterocycles. The number of rotatable bonds is 18. The number of aliphatic hydroxyl groups excluding tert-OH is 1. The standard InChI is InChI=1S/C27H49N3O5S4/c1-21(31)23(20-35-30-34)29-27(33)15-19-38-37-17-9-16-28-26(32)13-8-7-10-22-14-18-36-24-11-5-3-2-4-6-12-25(24)39-22/h21-25,31H,2-20H2,1H3,(H,28,32)(H,29,33)/t21-,22-,23-,24?,25?/m1/s1. The Bertz CT molecular complexity index is 692. The van der Waals surface area contributed by atoms with Crippen LogP contribution in [0.5, 0.6) is 0 Å². The summed E-state index contributed by atoms with van der Waals surface area (Å²) in [5, 5.41) is 20.1. The second-order valence-corrected chi connectivity index (χ2v) is 16.1. The van der Waals surface area contributed by atoms with Crippen molar-refractivity contribution in [3.8, 4) is 0 Å². The molecule has 1 aliphatic carbocycles. The van der Waals surface area contributed by atoms with Crippen LogP contribution in [0.4, 0.5) is 0 Å². The number of nitrogens with one attached hydrogen (secondary N) is 2. The number of aliphatic hydroxyl groups is 1. The van der Waals surface area contributed by atoms with E-state index in [2.05, 4.69) is 44.3 Å². The fourth-order valence-corrected chi connectivity index (χ4v) is 10.6. The Morgan fingerprint density at radius 3 is 2.49 bits per heavy atom. The largest absolute Gasteiger partial charge is 0.391 e. The summed E-state index contributed by atoms with van der Waals surface area (Å²) in [6.07, 6.45) is 15.6. The van der Waals surface area contributed by atoms with E-state index in [1.807, 2.05) is 0 Å². The van der Waals surface area contributed by atoms with Gasteiger partial charge in [0.2, 0.25) is 11.8 Å². The molecular formula is C27H49N3O5S4. The topological polar surface area (TPSA) is 117 Å². The van der Waals surface area contributed by atoms with Crippen molar-refractivity contribution in [3.05, 3.63) is 4.91 Å². The number of fused-ring (bicyclic) bond motifs is 1. The fraction of sp³-hybridized carbons (Fsp3) is 0.926. The summed E-state index contributed by atoms with van der Waals surface area (Å²) in [7, 11) is 3.30. The number of carbonyl (C=O) groups is 2. The molecule has 0 radical (unpaired) electrons. The molecule has 1 saturated carbocycles. The predicted octanol–water partition coefficient (Wildman–Crippen LogP) is 6.11. The Hall–Kier alpha value is -0.300. The molecule has 2 fully saturated rings. The molecule has 2 amide bonds. The van der Waals surface area contributed by atoms with Gasteiger partial charge in [0.15, 0.2) is 5.34 Å². The Balaban J connectivity index is 1.45. The summed E-state index contributed by atoms with van der Waals surface area (Å²) < 4.78 is 0. The van der Waals surface area contributed by atoms with Crippen LogP contribution in [0, 0.1) is 4.91 Å². The zero-order chi connectivity index (χ0) is 28.1. The van der Waals surface area contributed by atoms with Crippen molar-refractivity contribution in [3.63, 3.8) is 0 Å². The van der Waals surface area contributed by atoms with Crippen LogP contribution >= 0.6 is 45.1 Å². The molecule has 2 aliphatic rings. The van der Waals surface area contributed by atoms with E-state index in [-0.39, 0.29) is 18.4 Å². The molecule has 0 bridgehead atoms. The van der Waals surface area contributed by atoms with Gasteiger partial charge in [-0.15, -0.1) is 4.91 Å². The lowest BCUT2D eigenvalue weighted by atomic mass is 10.1. The molecule has 8 nitrogen and oxygen atoms in total. The van der Waals surface area contributed by atoms with Crippen molar-refractivity contribution in [2.24, 2.45) is 5.34 Å². The highest BCUT2D eigenvalue weighted by Crippen LogP contribution is 2.41. The Labute approximate surface area is 251 Å². The first-order valence-corrected chi connectivity index (χ1v) is 19.2. The van der Waals surface area contributed by atoms with E-state index >= 15 is 0 Å². The molecule has 2 rings (SSSR count). The third-order valence-electron chi connectivity index (χ3n) is 7.17. The Morgan fingerprint density at radius 2 is 1.72 bits per heavy atom. The lowest BCUT2D eigenvalue weighted by Gasteiger charge is -2.25.